The first-order chi connectivity index (χ1) is 7.68. The minimum absolute atomic E-state index is 0.163. The number of imidazole rings is 1. The van der Waals surface area contributed by atoms with Crippen molar-refractivity contribution in [2.75, 3.05) is 0 Å². The summed E-state index contributed by atoms with van der Waals surface area (Å²) in [6.07, 6.45) is 3.37. The quantitative estimate of drug-likeness (QED) is 0.836. The second kappa shape index (κ2) is 4.40. The fraction of sp³-hybridized carbons (Fsp3) is 0.333. The summed E-state index contributed by atoms with van der Waals surface area (Å²) >= 11 is 1.09. The lowest BCUT2D eigenvalue weighted by molar-refractivity contribution is 0.0941. The van der Waals surface area contributed by atoms with E-state index < -0.39 is 0 Å². The number of aromatic amines is 1. The zero-order chi connectivity index (χ0) is 11.5. The van der Waals surface area contributed by atoms with Gasteiger partial charge in [-0.25, -0.2) is 4.98 Å². The normalized spacial score (nSPS) is 12.4. The molecule has 0 bridgehead atoms. The maximum atomic E-state index is 11.8. The van der Waals surface area contributed by atoms with Gasteiger partial charge < -0.3 is 10.3 Å². The van der Waals surface area contributed by atoms with E-state index >= 15 is 0 Å². The van der Waals surface area contributed by atoms with E-state index in [1.165, 1.54) is 0 Å². The van der Waals surface area contributed by atoms with Crippen molar-refractivity contribution in [1.29, 1.82) is 0 Å². The van der Waals surface area contributed by atoms with E-state index in [1.54, 1.807) is 19.3 Å². The molecule has 0 aliphatic rings. The molecule has 0 fully saturated rings. The summed E-state index contributed by atoms with van der Waals surface area (Å²) in [5.41, 5.74) is 0.647. The van der Waals surface area contributed by atoms with Crippen LogP contribution < -0.4 is 5.32 Å². The molecule has 6 nitrogen and oxygen atoms in total. The number of H-pyrrole nitrogens is 1. The number of aryl methyl sites for hydroxylation is 1. The highest BCUT2D eigenvalue weighted by Crippen LogP contribution is 2.12. The number of hydrogen-bond acceptors (Lipinski definition) is 5. The van der Waals surface area contributed by atoms with Crippen LogP contribution in [0, 0.1) is 6.92 Å². The summed E-state index contributed by atoms with van der Waals surface area (Å²) in [6, 6.07) is -0.163. The van der Waals surface area contributed by atoms with Gasteiger partial charge in [0.1, 0.15) is 10.7 Å². The number of nitrogens with one attached hydrogen (secondary N) is 2. The zero-order valence-corrected chi connectivity index (χ0v) is 9.71. The Labute approximate surface area is 96.3 Å². The predicted molar refractivity (Wildman–Crippen MR) is 59.1 cm³/mol. The first kappa shape index (κ1) is 10.7. The highest BCUT2D eigenvalue weighted by Gasteiger charge is 2.17. The van der Waals surface area contributed by atoms with Crippen LogP contribution in [0.25, 0.3) is 0 Å². The van der Waals surface area contributed by atoms with Crippen LogP contribution in [0.5, 0.6) is 0 Å². The summed E-state index contributed by atoms with van der Waals surface area (Å²) < 4.78 is 3.72. The van der Waals surface area contributed by atoms with E-state index in [0.717, 1.165) is 17.4 Å². The lowest BCUT2D eigenvalue weighted by Gasteiger charge is -2.10. The molecule has 7 heteroatoms. The van der Waals surface area contributed by atoms with E-state index in [2.05, 4.69) is 24.9 Å². The van der Waals surface area contributed by atoms with Crippen LogP contribution in [0.15, 0.2) is 12.4 Å². The standard InChI is InChI=1S/C9H11N5OS/c1-5-7(16-14-13-5)9(15)12-6(2)8-10-3-4-11-8/h3-4,6H,1-2H3,(H,10,11)(H,12,15). The summed E-state index contributed by atoms with van der Waals surface area (Å²) in [7, 11) is 0. The number of rotatable bonds is 3. The number of carbonyl (C=O) groups is 1. The van der Waals surface area contributed by atoms with Crippen molar-refractivity contribution < 1.29 is 4.79 Å². The molecule has 2 aromatic heterocycles. The highest BCUT2D eigenvalue weighted by molar-refractivity contribution is 7.07. The Morgan fingerprint density at radius 3 is 3.00 bits per heavy atom. The van der Waals surface area contributed by atoms with Gasteiger partial charge in [-0.2, -0.15) is 0 Å². The molecule has 2 N–H and O–H groups in total. The Bertz CT molecular complexity index is 478. The summed E-state index contributed by atoms with van der Waals surface area (Å²) in [6.45, 7) is 3.62. The lowest BCUT2D eigenvalue weighted by atomic mass is 10.3. The average molecular weight is 237 g/mol. The Morgan fingerprint density at radius 1 is 1.62 bits per heavy atom. The molecule has 1 unspecified atom stereocenters. The van der Waals surface area contributed by atoms with Gasteiger partial charge in [0, 0.05) is 12.4 Å². The molecule has 0 saturated carbocycles. The summed E-state index contributed by atoms with van der Waals surface area (Å²) in [4.78, 5) is 19.4. The van der Waals surface area contributed by atoms with E-state index in [0.29, 0.717) is 10.6 Å². The van der Waals surface area contributed by atoms with Crippen molar-refractivity contribution in [3.8, 4) is 0 Å². The van der Waals surface area contributed by atoms with Gasteiger partial charge in [0.25, 0.3) is 5.91 Å². The Hall–Kier alpha value is -1.76. The molecule has 2 heterocycles. The molecule has 2 aromatic rings. The van der Waals surface area contributed by atoms with Crippen molar-refractivity contribution in [3.63, 3.8) is 0 Å². The molecule has 1 amide bonds. The molecule has 0 radical (unpaired) electrons. The van der Waals surface area contributed by atoms with Crippen LogP contribution in [-0.4, -0.2) is 25.5 Å². The molecule has 0 aliphatic heterocycles. The maximum absolute atomic E-state index is 11.8. The van der Waals surface area contributed by atoms with Crippen LogP contribution in [0.1, 0.15) is 34.2 Å². The molecule has 0 saturated heterocycles. The van der Waals surface area contributed by atoms with E-state index in [1.807, 2.05) is 6.92 Å². The van der Waals surface area contributed by atoms with E-state index in [9.17, 15) is 4.79 Å². The van der Waals surface area contributed by atoms with Gasteiger partial charge in [-0.1, -0.05) is 4.49 Å². The first-order valence-electron chi connectivity index (χ1n) is 4.77. The number of carbonyl (C=O) groups excluding carboxylic acids is 1. The summed E-state index contributed by atoms with van der Waals surface area (Å²) in [5.74, 6) is 0.555. The van der Waals surface area contributed by atoms with Crippen LogP contribution in [-0.2, 0) is 0 Å². The SMILES string of the molecule is Cc1nnsc1C(=O)NC(C)c1ncc[nH]1. The number of nitrogens with zero attached hydrogens (tertiary/aromatic N) is 3. The Morgan fingerprint density at radius 2 is 2.44 bits per heavy atom. The molecular weight excluding hydrogens is 226 g/mol. The monoisotopic (exact) mass is 237 g/mol. The maximum Gasteiger partial charge on any atom is 0.265 e. The van der Waals surface area contributed by atoms with Crippen LogP contribution in [0.4, 0.5) is 0 Å². The minimum Gasteiger partial charge on any atom is -0.347 e. The van der Waals surface area contributed by atoms with Crippen LogP contribution in [0.2, 0.25) is 0 Å². The van der Waals surface area contributed by atoms with Gasteiger partial charge in [0.15, 0.2) is 0 Å². The molecule has 84 valence electrons. The predicted octanol–water partition coefficient (Wildman–Crippen LogP) is 1.06. The average Bonchev–Trinajstić information content (AvgIpc) is 2.86. The molecule has 0 spiro atoms. The second-order valence-corrected chi connectivity index (χ2v) is 4.11. The molecule has 1 atom stereocenters. The largest absolute Gasteiger partial charge is 0.347 e. The minimum atomic E-state index is -0.170. The molecule has 16 heavy (non-hydrogen) atoms. The van der Waals surface area contributed by atoms with Gasteiger partial charge in [0.05, 0.1) is 11.7 Å². The number of aromatic nitrogens is 4. The summed E-state index contributed by atoms with van der Waals surface area (Å²) in [5, 5.41) is 6.62. The van der Waals surface area contributed by atoms with Gasteiger partial charge in [0.2, 0.25) is 0 Å². The number of amides is 1. The Kier molecular flexibility index (Phi) is 2.95. The fourth-order valence-electron chi connectivity index (χ4n) is 1.28. The van der Waals surface area contributed by atoms with Crippen molar-refractivity contribution in [3.05, 3.63) is 28.8 Å². The van der Waals surface area contributed by atoms with E-state index in [-0.39, 0.29) is 11.9 Å². The highest BCUT2D eigenvalue weighted by atomic mass is 32.1. The molecule has 0 aliphatic carbocycles. The van der Waals surface area contributed by atoms with Gasteiger partial charge in [-0.3, -0.25) is 4.79 Å². The topological polar surface area (TPSA) is 83.6 Å². The molecule has 2 rings (SSSR count). The fourth-order valence-corrected chi connectivity index (χ4v) is 1.84. The third-order valence-corrected chi connectivity index (χ3v) is 2.96. The third kappa shape index (κ3) is 2.08. The van der Waals surface area contributed by atoms with Gasteiger partial charge in [-0.15, -0.1) is 5.10 Å². The molecule has 0 aromatic carbocycles. The second-order valence-electron chi connectivity index (χ2n) is 3.36. The van der Waals surface area contributed by atoms with Crippen molar-refractivity contribution in [2.24, 2.45) is 0 Å². The number of hydrogen-bond donors (Lipinski definition) is 2. The third-order valence-electron chi connectivity index (χ3n) is 2.13. The van der Waals surface area contributed by atoms with Gasteiger partial charge in [-0.05, 0) is 25.4 Å². The first-order valence-corrected chi connectivity index (χ1v) is 5.55. The van der Waals surface area contributed by atoms with Crippen LogP contribution >= 0.6 is 11.5 Å². The smallest absolute Gasteiger partial charge is 0.265 e. The lowest BCUT2D eigenvalue weighted by Crippen LogP contribution is -2.27. The van der Waals surface area contributed by atoms with Crippen molar-refractivity contribution in [1.82, 2.24) is 24.9 Å². The zero-order valence-electron chi connectivity index (χ0n) is 8.89. The molecular formula is C9H11N5OS. The van der Waals surface area contributed by atoms with Crippen molar-refractivity contribution >= 4 is 17.4 Å². The van der Waals surface area contributed by atoms with Crippen LogP contribution in [0.3, 0.4) is 0 Å². The van der Waals surface area contributed by atoms with Gasteiger partial charge >= 0.3 is 0 Å². The van der Waals surface area contributed by atoms with Crippen molar-refractivity contribution in [2.45, 2.75) is 19.9 Å². The Balaban J connectivity index is 2.06. The van der Waals surface area contributed by atoms with E-state index in [4.69, 9.17) is 0 Å².